The van der Waals surface area contributed by atoms with E-state index < -0.39 is 53.8 Å². The van der Waals surface area contributed by atoms with E-state index in [9.17, 15) is 31.2 Å². The molecule has 0 amide bonds. The Labute approximate surface area is 217 Å². The van der Waals surface area contributed by atoms with Crippen LogP contribution < -0.4 is 10.9 Å². The second-order valence-electron chi connectivity index (χ2n) is 7.70. The molecule has 0 saturated heterocycles. The molecule has 1 heterocycles. The second kappa shape index (κ2) is 11.6. The van der Waals surface area contributed by atoms with Gasteiger partial charge in [-0.15, -0.1) is 0 Å². The molecule has 0 saturated carbocycles. The van der Waals surface area contributed by atoms with Gasteiger partial charge >= 0.3 is 5.97 Å². The number of nitrogens with one attached hydrogen (secondary N) is 2. The van der Waals surface area contributed by atoms with Crippen molar-refractivity contribution in [2.75, 3.05) is 24.2 Å². The number of benzene rings is 2. The highest BCUT2D eigenvalue weighted by Crippen LogP contribution is 2.20. The van der Waals surface area contributed by atoms with Crippen molar-refractivity contribution in [1.82, 2.24) is 9.78 Å². The van der Waals surface area contributed by atoms with Gasteiger partial charge in [0.1, 0.15) is 11.4 Å². The molecule has 4 N–H and O–H groups in total. The molecule has 0 unspecified atom stereocenters. The van der Waals surface area contributed by atoms with E-state index in [4.69, 9.17) is 13.8 Å². The Hall–Kier alpha value is -4.05. The number of ketones is 1. The molecule has 0 aliphatic rings. The molecule has 15 heteroatoms. The van der Waals surface area contributed by atoms with Crippen molar-refractivity contribution in [3.8, 4) is 5.69 Å². The van der Waals surface area contributed by atoms with Crippen LogP contribution in [0.1, 0.15) is 22.8 Å². The molecular weight excluding hydrogens is 542 g/mol. The summed E-state index contributed by atoms with van der Waals surface area (Å²) in [7, 11) is -8.86. The maximum absolute atomic E-state index is 13.3. The maximum Gasteiger partial charge on any atom is 0.342 e. The van der Waals surface area contributed by atoms with Crippen LogP contribution in [0.5, 0.6) is 0 Å². The van der Waals surface area contributed by atoms with Gasteiger partial charge in [-0.1, -0.05) is 18.2 Å². The van der Waals surface area contributed by atoms with Crippen molar-refractivity contribution in [3.05, 3.63) is 81.7 Å². The van der Waals surface area contributed by atoms with Crippen molar-refractivity contribution < 1.29 is 40.3 Å². The van der Waals surface area contributed by atoms with Gasteiger partial charge in [0.15, 0.2) is 5.78 Å². The average Bonchev–Trinajstić information content (AvgIpc) is 3.16. The normalized spacial score (nSPS) is 12.2. The third-order valence-corrected chi connectivity index (χ3v) is 6.63. The largest absolute Gasteiger partial charge is 0.462 e. The van der Waals surface area contributed by atoms with E-state index in [-0.39, 0.29) is 30.1 Å². The molecule has 0 bridgehead atoms. The molecule has 0 aliphatic carbocycles. The summed E-state index contributed by atoms with van der Waals surface area (Å²) in [5, 5.41) is 5.41. The fourth-order valence-electron chi connectivity index (χ4n) is 3.29. The number of anilines is 1. The fourth-order valence-corrected chi connectivity index (χ4v) is 4.13. The molecule has 3 aromatic rings. The topological polar surface area (TPSA) is 202 Å². The molecule has 202 valence electrons. The van der Waals surface area contributed by atoms with Crippen molar-refractivity contribution in [1.29, 1.82) is 0 Å². The zero-order valence-corrected chi connectivity index (χ0v) is 21.5. The first-order valence-corrected chi connectivity index (χ1v) is 14.0. The Morgan fingerprint density at radius 1 is 1.03 bits per heavy atom. The average molecular weight is 566 g/mol. The monoisotopic (exact) mass is 565 g/mol. The van der Waals surface area contributed by atoms with Crippen molar-refractivity contribution >= 4 is 43.9 Å². The summed E-state index contributed by atoms with van der Waals surface area (Å²) >= 11 is 0. The third-order valence-electron chi connectivity index (χ3n) is 5.05. The standard InChI is InChI=1S/C23H23N3O10S2/c1-2-36-23(29)18(20(27)15-8-10-17(11-9-15)38(33,34)35)14-19-21(24-12-13-37(30,31)32)25-26(22(19)28)16-6-4-3-5-7-16/h3-11,14,24-25H,2,12-13H2,1H3,(H,30,31,32)(H,33,34,35). The Bertz CT molecular complexity index is 1640. The van der Waals surface area contributed by atoms with Crippen LogP contribution in [-0.2, 0) is 29.8 Å². The second-order valence-corrected chi connectivity index (χ2v) is 10.7. The minimum Gasteiger partial charge on any atom is -0.462 e. The molecule has 38 heavy (non-hydrogen) atoms. The highest BCUT2D eigenvalue weighted by molar-refractivity contribution is 7.86. The number of aromatic amines is 1. The molecule has 0 radical (unpaired) electrons. The summed E-state index contributed by atoms with van der Waals surface area (Å²) in [4.78, 5) is 38.8. The lowest BCUT2D eigenvalue weighted by atomic mass is 10.0. The van der Waals surface area contributed by atoms with Crippen LogP contribution in [0.3, 0.4) is 0 Å². The number of aromatic nitrogens is 2. The van der Waals surface area contributed by atoms with Gasteiger partial charge in [-0.05, 0) is 49.4 Å². The highest BCUT2D eigenvalue weighted by Gasteiger charge is 2.25. The summed E-state index contributed by atoms with van der Waals surface area (Å²) in [5.41, 5.74) is -1.27. The predicted molar refractivity (Wildman–Crippen MR) is 136 cm³/mol. The number of hydrogen-bond acceptors (Lipinski definition) is 9. The van der Waals surface area contributed by atoms with E-state index in [1.54, 1.807) is 30.3 Å². The predicted octanol–water partition coefficient (Wildman–Crippen LogP) is 1.54. The maximum atomic E-state index is 13.3. The van der Waals surface area contributed by atoms with Gasteiger partial charge in [0.25, 0.3) is 25.8 Å². The van der Waals surface area contributed by atoms with Gasteiger partial charge in [-0.3, -0.25) is 23.8 Å². The third kappa shape index (κ3) is 7.04. The number of nitrogens with zero attached hydrogens (tertiary/aromatic N) is 1. The van der Waals surface area contributed by atoms with Gasteiger partial charge in [0.2, 0.25) is 0 Å². The Morgan fingerprint density at radius 2 is 1.66 bits per heavy atom. The number of Topliss-reactive ketones (excluding diaryl/α,β-unsaturated/α-hetero) is 1. The molecular formula is C23H23N3O10S2. The van der Waals surface area contributed by atoms with Crippen LogP contribution >= 0.6 is 0 Å². The first-order valence-electron chi connectivity index (χ1n) is 10.9. The summed E-state index contributed by atoms with van der Waals surface area (Å²) in [5.74, 6) is -2.75. The minimum absolute atomic E-state index is 0.0566. The van der Waals surface area contributed by atoms with E-state index in [0.29, 0.717) is 5.69 Å². The summed E-state index contributed by atoms with van der Waals surface area (Å²) in [6.45, 7) is 1.07. The summed E-state index contributed by atoms with van der Waals surface area (Å²) < 4.78 is 69.2. The zero-order chi connectivity index (χ0) is 28.1. The number of esters is 1. The minimum atomic E-state index is -4.53. The number of carbonyl (C=O) groups is 2. The number of hydrogen-bond donors (Lipinski definition) is 4. The molecule has 0 fully saturated rings. The number of para-hydroxylation sites is 1. The SMILES string of the molecule is CCOC(=O)C(=Cc1c(NCCS(=O)(=O)O)[nH]n(-c2ccccc2)c1=O)C(=O)c1ccc(S(=O)(=O)O)cc1. The Balaban J connectivity index is 2.14. The van der Waals surface area contributed by atoms with Gasteiger partial charge in [0.05, 0.1) is 28.5 Å². The van der Waals surface area contributed by atoms with E-state index in [0.717, 1.165) is 35.0 Å². The van der Waals surface area contributed by atoms with Gasteiger partial charge in [-0.25, -0.2) is 9.48 Å². The summed E-state index contributed by atoms with van der Waals surface area (Å²) in [6.07, 6.45) is 0.963. The summed E-state index contributed by atoms with van der Waals surface area (Å²) in [6, 6.07) is 12.3. The zero-order valence-electron chi connectivity index (χ0n) is 19.8. The molecule has 3 rings (SSSR count). The number of H-pyrrole nitrogens is 1. The molecule has 2 aromatic carbocycles. The first-order chi connectivity index (χ1) is 17.8. The van der Waals surface area contributed by atoms with E-state index in [1.807, 2.05) is 0 Å². The molecule has 0 atom stereocenters. The van der Waals surface area contributed by atoms with Crippen molar-refractivity contribution in [2.24, 2.45) is 0 Å². The Kier molecular flexibility index (Phi) is 8.67. The molecule has 0 spiro atoms. The molecule has 13 nitrogen and oxygen atoms in total. The molecule has 0 aliphatic heterocycles. The lowest BCUT2D eigenvalue weighted by Crippen LogP contribution is -2.19. The smallest absolute Gasteiger partial charge is 0.342 e. The van der Waals surface area contributed by atoms with E-state index in [1.165, 1.54) is 6.92 Å². The number of rotatable bonds is 11. The quantitative estimate of drug-likeness (QED) is 0.0656. The Morgan fingerprint density at radius 3 is 2.21 bits per heavy atom. The first kappa shape index (κ1) is 28.5. The number of carbonyl (C=O) groups excluding carboxylic acids is 2. The molecule has 1 aromatic heterocycles. The van der Waals surface area contributed by atoms with Gasteiger partial charge in [0, 0.05) is 12.1 Å². The fraction of sp³-hybridized carbons (Fsp3) is 0.174. The van der Waals surface area contributed by atoms with Crippen LogP contribution in [0.25, 0.3) is 11.8 Å². The van der Waals surface area contributed by atoms with E-state index in [2.05, 4.69) is 10.4 Å². The number of ether oxygens (including phenoxy) is 1. The van der Waals surface area contributed by atoms with Crippen LogP contribution in [0, 0.1) is 0 Å². The highest BCUT2D eigenvalue weighted by atomic mass is 32.2. The van der Waals surface area contributed by atoms with Crippen LogP contribution in [0.2, 0.25) is 0 Å². The van der Waals surface area contributed by atoms with Crippen molar-refractivity contribution in [2.45, 2.75) is 11.8 Å². The van der Waals surface area contributed by atoms with E-state index >= 15 is 0 Å². The lowest BCUT2D eigenvalue weighted by Gasteiger charge is -2.08. The van der Waals surface area contributed by atoms with Gasteiger partial charge in [-0.2, -0.15) is 16.8 Å². The van der Waals surface area contributed by atoms with Crippen molar-refractivity contribution in [3.63, 3.8) is 0 Å². The van der Waals surface area contributed by atoms with Crippen LogP contribution in [0.4, 0.5) is 5.82 Å². The van der Waals surface area contributed by atoms with Crippen LogP contribution in [-0.4, -0.2) is 66.4 Å². The van der Waals surface area contributed by atoms with Gasteiger partial charge < -0.3 is 10.1 Å². The lowest BCUT2D eigenvalue weighted by molar-refractivity contribution is -0.137. The van der Waals surface area contributed by atoms with Crippen LogP contribution in [0.15, 0.2) is 69.9 Å².